The van der Waals surface area contributed by atoms with E-state index in [1.807, 2.05) is 0 Å². The zero-order valence-corrected chi connectivity index (χ0v) is 11.9. The number of nitrogens with one attached hydrogen (secondary N) is 1. The molecule has 0 fully saturated rings. The summed E-state index contributed by atoms with van der Waals surface area (Å²) in [6, 6.07) is 0.970. The predicted octanol–water partition coefficient (Wildman–Crippen LogP) is 0.943. The number of methoxy groups -OCH3 is 1. The van der Waals surface area contributed by atoms with Crippen molar-refractivity contribution in [3.63, 3.8) is 0 Å². The first kappa shape index (κ1) is 15.8. The van der Waals surface area contributed by atoms with Crippen molar-refractivity contribution in [1.82, 2.24) is 4.72 Å². The van der Waals surface area contributed by atoms with Crippen LogP contribution in [0.3, 0.4) is 0 Å². The van der Waals surface area contributed by atoms with Gasteiger partial charge in [-0.05, 0) is 12.8 Å². The second-order valence-electron chi connectivity index (χ2n) is 3.67. The van der Waals surface area contributed by atoms with E-state index in [1.165, 1.54) is 0 Å². The van der Waals surface area contributed by atoms with Crippen LogP contribution in [0.1, 0.15) is 12.8 Å². The lowest BCUT2D eigenvalue weighted by atomic mass is 10.3. The Hall–Kier alpha value is -1.23. The summed E-state index contributed by atoms with van der Waals surface area (Å²) in [7, 11) is -2.17. The minimum Gasteiger partial charge on any atom is -0.385 e. The molecule has 0 aliphatic rings. The van der Waals surface area contributed by atoms with Crippen LogP contribution in [0.5, 0.6) is 0 Å². The maximum atomic E-state index is 11.8. The third kappa shape index (κ3) is 4.42. The molecule has 1 heterocycles. The van der Waals surface area contributed by atoms with Crippen LogP contribution in [0.4, 0.5) is 10.7 Å². The van der Waals surface area contributed by atoms with Crippen LogP contribution in [0, 0.1) is 10.1 Å². The van der Waals surface area contributed by atoms with Crippen molar-refractivity contribution in [2.45, 2.75) is 17.1 Å². The quantitative estimate of drug-likeness (QED) is 0.418. The molecule has 0 saturated carbocycles. The van der Waals surface area contributed by atoms with Crippen molar-refractivity contribution in [3.8, 4) is 0 Å². The van der Waals surface area contributed by atoms with Gasteiger partial charge in [0.2, 0.25) is 10.0 Å². The average molecular weight is 309 g/mol. The molecule has 0 atom stereocenters. The zero-order chi connectivity index (χ0) is 14.5. The summed E-state index contributed by atoms with van der Waals surface area (Å²) in [5, 5.41) is 10.5. The van der Waals surface area contributed by atoms with Crippen LogP contribution in [0.2, 0.25) is 0 Å². The highest BCUT2D eigenvalue weighted by Gasteiger charge is 2.24. The van der Waals surface area contributed by atoms with Gasteiger partial charge in [0.1, 0.15) is 4.21 Å². The molecule has 1 aromatic heterocycles. The van der Waals surface area contributed by atoms with E-state index in [9.17, 15) is 18.5 Å². The fourth-order valence-corrected chi connectivity index (χ4v) is 3.63. The minimum atomic E-state index is -3.74. The molecule has 0 aliphatic carbocycles. The number of thiophene rings is 1. The minimum absolute atomic E-state index is 0.121. The normalized spacial score (nSPS) is 11.6. The number of nitrogens with two attached hydrogens (primary N) is 1. The summed E-state index contributed by atoms with van der Waals surface area (Å²) < 4.78 is 30.7. The molecule has 19 heavy (non-hydrogen) atoms. The number of nitrogen functional groups attached to an aromatic ring is 1. The molecule has 0 aliphatic heterocycles. The number of hydrogen-bond acceptors (Lipinski definition) is 7. The third-order valence-corrected chi connectivity index (χ3v) is 5.13. The van der Waals surface area contributed by atoms with Crippen molar-refractivity contribution in [2.24, 2.45) is 0 Å². The van der Waals surface area contributed by atoms with Gasteiger partial charge in [0, 0.05) is 26.3 Å². The molecule has 0 saturated heterocycles. The Labute approximate surface area is 114 Å². The van der Waals surface area contributed by atoms with Crippen LogP contribution < -0.4 is 10.5 Å². The summed E-state index contributed by atoms with van der Waals surface area (Å²) in [5.74, 6) is 0. The second kappa shape index (κ2) is 6.80. The lowest BCUT2D eigenvalue weighted by molar-refractivity contribution is -0.383. The van der Waals surface area contributed by atoms with Gasteiger partial charge in [-0.25, -0.2) is 13.1 Å². The highest BCUT2D eigenvalue weighted by atomic mass is 32.2. The fourth-order valence-electron chi connectivity index (χ4n) is 1.30. The number of ether oxygens (including phenoxy) is 1. The maximum absolute atomic E-state index is 11.8. The number of unbranched alkanes of at least 4 members (excludes halogenated alkanes) is 1. The number of nitro groups is 1. The van der Waals surface area contributed by atoms with Gasteiger partial charge < -0.3 is 10.5 Å². The van der Waals surface area contributed by atoms with E-state index in [2.05, 4.69) is 4.72 Å². The van der Waals surface area contributed by atoms with Crippen LogP contribution >= 0.6 is 11.3 Å². The lowest BCUT2D eigenvalue weighted by Gasteiger charge is -2.03. The van der Waals surface area contributed by atoms with Crippen molar-refractivity contribution >= 4 is 32.0 Å². The largest absolute Gasteiger partial charge is 0.385 e. The van der Waals surface area contributed by atoms with Crippen LogP contribution in [-0.4, -0.2) is 33.6 Å². The molecule has 0 bridgehead atoms. The standard InChI is InChI=1S/C9H15N3O5S2/c1-17-5-3-2-4-11-19(15,16)8-6-7(12(13)14)9(10)18-8/h6,11H,2-5,10H2,1H3. The Morgan fingerprint density at radius 3 is 2.74 bits per heavy atom. The summed E-state index contributed by atoms with van der Waals surface area (Å²) in [6.07, 6.45) is 1.35. The summed E-state index contributed by atoms with van der Waals surface area (Å²) in [5.41, 5.74) is 5.02. The molecule has 0 aromatic carbocycles. The van der Waals surface area contributed by atoms with Gasteiger partial charge in [-0.3, -0.25) is 10.1 Å². The lowest BCUT2D eigenvalue weighted by Crippen LogP contribution is -2.24. The number of hydrogen-bond donors (Lipinski definition) is 2. The Morgan fingerprint density at radius 1 is 1.53 bits per heavy atom. The topological polar surface area (TPSA) is 125 Å². The van der Waals surface area contributed by atoms with Gasteiger partial charge in [-0.2, -0.15) is 0 Å². The molecule has 1 rings (SSSR count). The number of rotatable bonds is 8. The molecule has 0 radical (unpaired) electrons. The van der Waals surface area contributed by atoms with E-state index < -0.39 is 14.9 Å². The van der Waals surface area contributed by atoms with E-state index in [4.69, 9.17) is 10.5 Å². The summed E-state index contributed by atoms with van der Waals surface area (Å²) in [6.45, 7) is 0.802. The highest BCUT2D eigenvalue weighted by molar-refractivity contribution is 7.91. The van der Waals surface area contributed by atoms with Crippen molar-refractivity contribution in [1.29, 1.82) is 0 Å². The van der Waals surface area contributed by atoms with Crippen molar-refractivity contribution < 1.29 is 18.1 Å². The molecule has 0 spiro atoms. The maximum Gasteiger partial charge on any atom is 0.304 e. The highest BCUT2D eigenvalue weighted by Crippen LogP contribution is 2.34. The van der Waals surface area contributed by atoms with Crippen LogP contribution in [0.15, 0.2) is 10.3 Å². The van der Waals surface area contributed by atoms with E-state index in [1.54, 1.807) is 7.11 Å². The zero-order valence-electron chi connectivity index (χ0n) is 10.3. The van der Waals surface area contributed by atoms with Crippen molar-refractivity contribution in [2.75, 3.05) is 26.0 Å². The third-order valence-electron chi connectivity index (χ3n) is 2.25. The van der Waals surface area contributed by atoms with E-state index in [0.29, 0.717) is 24.4 Å². The monoisotopic (exact) mass is 309 g/mol. The van der Waals surface area contributed by atoms with E-state index in [0.717, 1.165) is 12.5 Å². The first-order valence-corrected chi connectivity index (χ1v) is 7.70. The Kier molecular flexibility index (Phi) is 5.66. The number of sulfonamides is 1. The first-order valence-electron chi connectivity index (χ1n) is 5.41. The van der Waals surface area contributed by atoms with E-state index in [-0.39, 0.29) is 21.4 Å². The van der Waals surface area contributed by atoms with E-state index >= 15 is 0 Å². The van der Waals surface area contributed by atoms with Crippen LogP contribution in [-0.2, 0) is 14.8 Å². The summed E-state index contributed by atoms with van der Waals surface area (Å²) >= 11 is 0.679. The average Bonchev–Trinajstić information content (AvgIpc) is 2.72. The second-order valence-corrected chi connectivity index (χ2v) is 6.75. The predicted molar refractivity (Wildman–Crippen MR) is 71.7 cm³/mol. The van der Waals surface area contributed by atoms with Gasteiger partial charge >= 0.3 is 5.69 Å². The molecular formula is C9H15N3O5S2. The van der Waals surface area contributed by atoms with Crippen molar-refractivity contribution in [3.05, 3.63) is 16.2 Å². The Balaban J connectivity index is 2.67. The fraction of sp³-hybridized carbons (Fsp3) is 0.556. The van der Waals surface area contributed by atoms with Gasteiger partial charge in [-0.15, -0.1) is 0 Å². The van der Waals surface area contributed by atoms with Gasteiger partial charge in [0.05, 0.1) is 4.92 Å². The molecular weight excluding hydrogens is 294 g/mol. The molecule has 0 amide bonds. The SMILES string of the molecule is COCCCCNS(=O)(=O)c1cc([N+](=O)[O-])c(N)s1. The van der Waals surface area contributed by atoms with Gasteiger partial charge in [0.25, 0.3) is 0 Å². The molecule has 0 unspecified atom stereocenters. The first-order chi connectivity index (χ1) is 8.88. The number of anilines is 1. The molecule has 10 heteroatoms. The molecule has 8 nitrogen and oxygen atoms in total. The smallest absolute Gasteiger partial charge is 0.304 e. The molecule has 3 N–H and O–H groups in total. The molecule has 1 aromatic rings. The van der Waals surface area contributed by atoms with Gasteiger partial charge in [-0.1, -0.05) is 11.3 Å². The summed E-state index contributed by atoms with van der Waals surface area (Å²) in [4.78, 5) is 9.89. The van der Waals surface area contributed by atoms with Crippen LogP contribution in [0.25, 0.3) is 0 Å². The van der Waals surface area contributed by atoms with Gasteiger partial charge in [0.15, 0.2) is 5.00 Å². The Morgan fingerprint density at radius 2 is 2.21 bits per heavy atom. The number of nitrogens with zero attached hydrogens (tertiary/aromatic N) is 1. The Bertz CT molecular complexity index is 540. The molecule has 108 valence electrons.